The van der Waals surface area contributed by atoms with Gasteiger partial charge in [0.05, 0.1) is 0 Å². The fourth-order valence-corrected chi connectivity index (χ4v) is 4.20. The van der Waals surface area contributed by atoms with Crippen LogP contribution in [-0.2, 0) is 0 Å². The van der Waals surface area contributed by atoms with Crippen LogP contribution in [0.25, 0.3) is 0 Å². The van der Waals surface area contributed by atoms with Gasteiger partial charge in [-0.2, -0.15) is 4.99 Å². The zero-order chi connectivity index (χ0) is 21.8. The fraction of sp³-hybridized carbons (Fsp3) is 0.462. The lowest BCUT2D eigenvalue weighted by atomic mass is 10.0. The Hall–Kier alpha value is -2.69. The standard InChI is InChI=1S/C26H33FN4/c1-18-7-6-8-19(2)24(18)25(29-23-14-12-22(27)13-15-23)30-26(28-17-21-10-11-21)31-16-5-4-9-20(31)3/h6-8,12-15,20-21H,4-5,9-11,16-17H2,1-3H3,(H,28,29,30). The molecule has 1 saturated heterocycles. The number of hydrogen-bond donors (Lipinski definition) is 1. The van der Waals surface area contributed by atoms with Gasteiger partial charge in [-0.1, -0.05) is 18.2 Å². The summed E-state index contributed by atoms with van der Waals surface area (Å²) >= 11 is 0. The highest BCUT2D eigenvalue weighted by Gasteiger charge is 2.25. The summed E-state index contributed by atoms with van der Waals surface area (Å²) in [7, 11) is 0. The number of nitrogens with one attached hydrogen (secondary N) is 1. The number of likely N-dealkylation sites (tertiary alicyclic amines) is 1. The van der Waals surface area contributed by atoms with Crippen molar-refractivity contribution in [2.75, 3.05) is 18.4 Å². The largest absolute Gasteiger partial charge is 0.340 e. The first-order valence-corrected chi connectivity index (χ1v) is 11.5. The molecule has 1 heterocycles. The fourth-order valence-electron chi connectivity index (χ4n) is 4.20. The molecule has 1 N–H and O–H groups in total. The molecule has 1 saturated carbocycles. The van der Waals surface area contributed by atoms with Crippen LogP contribution in [0.5, 0.6) is 0 Å². The molecule has 31 heavy (non-hydrogen) atoms. The summed E-state index contributed by atoms with van der Waals surface area (Å²) in [6.07, 6.45) is 6.14. The third-order valence-corrected chi connectivity index (χ3v) is 6.28. The van der Waals surface area contributed by atoms with E-state index in [9.17, 15) is 4.39 Å². The maximum atomic E-state index is 13.5. The van der Waals surface area contributed by atoms with Gasteiger partial charge < -0.3 is 10.2 Å². The summed E-state index contributed by atoms with van der Waals surface area (Å²) < 4.78 is 13.5. The Balaban J connectivity index is 1.76. The molecular formula is C26H33FN4. The van der Waals surface area contributed by atoms with Gasteiger partial charge in [-0.25, -0.2) is 4.39 Å². The first kappa shape index (κ1) is 21.5. The monoisotopic (exact) mass is 420 g/mol. The summed E-state index contributed by atoms with van der Waals surface area (Å²) in [6, 6.07) is 13.2. The van der Waals surface area contributed by atoms with Crippen molar-refractivity contribution in [1.82, 2.24) is 4.90 Å². The van der Waals surface area contributed by atoms with E-state index in [1.807, 2.05) is 0 Å². The van der Waals surface area contributed by atoms with E-state index < -0.39 is 0 Å². The van der Waals surface area contributed by atoms with Crippen LogP contribution in [0.2, 0.25) is 0 Å². The van der Waals surface area contributed by atoms with Crippen LogP contribution in [0.4, 0.5) is 10.1 Å². The van der Waals surface area contributed by atoms with Gasteiger partial charge in [0.1, 0.15) is 11.7 Å². The minimum absolute atomic E-state index is 0.245. The number of amidine groups is 1. The van der Waals surface area contributed by atoms with Crippen molar-refractivity contribution >= 4 is 17.5 Å². The van der Waals surface area contributed by atoms with Crippen molar-refractivity contribution in [1.29, 1.82) is 0 Å². The second-order valence-corrected chi connectivity index (χ2v) is 8.98. The number of aliphatic imine (C=N–C) groups is 2. The highest BCUT2D eigenvalue weighted by Crippen LogP contribution is 2.29. The van der Waals surface area contributed by atoms with E-state index in [2.05, 4.69) is 49.2 Å². The lowest BCUT2D eigenvalue weighted by molar-refractivity contribution is 0.255. The van der Waals surface area contributed by atoms with Gasteiger partial charge in [-0.05, 0) is 94.2 Å². The number of halogens is 1. The van der Waals surface area contributed by atoms with Crippen molar-refractivity contribution in [2.24, 2.45) is 15.9 Å². The van der Waals surface area contributed by atoms with Crippen LogP contribution in [-0.4, -0.2) is 35.8 Å². The van der Waals surface area contributed by atoms with Crippen molar-refractivity contribution in [3.8, 4) is 0 Å². The molecule has 0 aromatic heterocycles. The van der Waals surface area contributed by atoms with E-state index in [1.165, 1.54) is 44.2 Å². The number of piperidine rings is 1. The van der Waals surface area contributed by atoms with Gasteiger partial charge in [0.25, 0.3) is 0 Å². The minimum atomic E-state index is -0.245. The molecule has 2 aromatic rings. The highest BCUT2D eigenvalue weighted by atomic mass is 19.1. The Kier molecular flexibility index (Phi) is 6.69. The van der Waals surface area contributed by atoms with E-state index >= 15 is 0 Å². The molecule has 2 aliphatic rings. The molecule has 1 aliphatic carbocycles. The smallest absolute Gasteiger partial charge is 0.222 e. The quantitative estimate of drug-likeness (QED) is 0.491. The summed E-state index contributed by atoms with van der Waals surface area (Å²) in [5.41, 5.74) is 4.20. The van der Waals surface area contributed by atoms with Crippen molar-refractivity contribution in [3.63, 3.8) is 0 Å². The van der Waals surface area contributed by atoms with E-state index in [-0.39, 0.29) is 5.82 Å². The first-order valence-electron chi connectivity index (χ1n) is 11.5. The normalized spacial score (nSPS) is 20.1. The Bertz CT molecular complexity index is 940. The molecule has 164 valence electrons. The first-order chi connectivity index (χ1) is 15.0. The van der Waals surface area contributed by atoms with E-state index in [0.29, 0.717) is 12.0 Å². The van der Waals surface area contributed by atoms with Crippen LogP contribution in [0.1, 0.15) is 55.7 Å². The van der Waals surface area contributed by atoms with Crippen LogP contribution in [0.15, 0.2) is 52.4 Å². The zero-order valence-electron chi connectivity index (χ0n) is 18.9. The highest BCUT2D eigenvalue weighted by molar-refractivity contribution is 6.14. The number of nitrogens with zero attached hydrogens (tertiary/aromatic N) is 3. The predicted molar refractivity (Wildman–Crippen MR) is 128 cm³/mol. The third kappa shape index (κ3) is 5.52. The molecule has 5 heteroatoms. The van der Waals surface area contributed by atoms with Gasteiger partial charge in [0.15, 0.2) is 0 Å². The van der Waals surface area contributed by atoms with Crippen LogP contribution in [0.3, 0.4) is 0 Å². The number of benzene rings is 2. The molecular weight excluding hydrogens is 387 g/mol. The second-order valence-electron chi connectivity index (χ2n) is 8.98. The Morgan fingerprint density at radius 3 is 2.39 bits per heavy atom. The Morgan fingerprint density at radius 2 is 1.74 bits per heavy atom. The average molecular weight is 421 g/mol. The maximum absolute atomic E-state index is 13.5. The number of aryl methyl sites for hydroxylation is 2. The molecule has 1 aliphatic heterocycles. The van der Waals surface area contributed by atoms with Gasteiger partial charge in [-0.3, -0.25) is 4.99 Å². The van der Waals surface area contributed by atoms with Gasteiger partial charge >= 0.3 is 0 Å². The molecule has 0 amide bonds. The predicted octanol–water partition coefficient (Wildman–Crippen LogP) is 5.94. The molecule has 0 bridgehead atoms. The molecule has 4 nitrogen and oxygen atoms in total. The summed E-state index contributed by atoms with van der Waals surface area (Å²) in [5, 5.41) is 3.47. The average Bonchev–Trinajstić information content (AvgIpc) is 3.57. The van der Waals surface area contributed by atoms with Gasteiger partial charge in [0.2, 0.25) is 5.96 Å². The van der Waals surface area contributed by atoms with E-state index in [4.69, 9.17) is 9.98 Å². The molecule has 0 radical (unpaired) electrons. The van der Waals surface area contributed by atoms with E-state index in [1.54, 1.807) is 12.1 Å². The molecule has 2 aromatic carbocycles. The Labute approximate surface area is 185 Å². The van der Waals surface area contributed by atoms with Crippen LogP contribution >= 0.6 is 0 Å². The van der Waals surface area contributed by atoms with E-state index in [0.717, 1.165) is 47.3 Å². The zero-order valence-corrected chi connectivity index (χ0v) is 18.9. The van der Waals surface area contributed by atoms with Crippen molar-refractivity contribution in [2.45, 2.75) is 58.9 Å². The minimum Gasteiger partial charge on any atom is -0.340 e. The SMILES string of the molecule is Cc1cccc(C)c1/C(=N\C(=NCC1CC1)N1CCCCC1C)Nc1ccc(F)cc1. The number of guanidine groups is 1. The van der Waals surface area contributed by atoms with Crippen molar-refractivity contribution in [3.05, 3.63) is 65.0 Å². The molecule has 2 fully saturated rings. The Morgan fingerprint density at radius 1 is 1.03 bits per heavy atom. The summed E-state index contributed by atoms with van der Waals surface area (Å²) in [4.78, 5) is 12.5. The third-order valence-electron chi connectivity index (χ3n) is 6.28. The van der Waals surface area contributed by atoms with Gasteiger partial charge in [0, 0.05) is 30.4 Å². The maximum Gasteiger partial charge on any atom is 0.222 e. The van der Waals surface area contributed by atoms with Crippen molar-refractivity contribution < 1.29 is 4.39 Å². The summed E-state index contributed by atoms with van der Waals surface area (Å²) in [6.45, 7) is 8.32. The molecule has 1 unspecified atom stereocenters. The summed E-state index contributed by atoms with van der Waals surface area (Å²) in [5.74, 6) is 2.06. The molecule has 0 spiro atoms. The second kappa shape index (κ2) is 9.63. The number of hydrogen-bond acceptors (Lipinski definition) is 1. The molecule has 4 rings (SSSR count). The number of anilines is 1. The van der Waals surface area contributed by atoms with Crippen LogP contribution < -0.4 is 5.32 Å². The van der Waals surface area contributed by atoms with Gasteiger partial charge in [-0.15, -0.1) is 0 Å². The lowest BCUT2D eigenvalue weighted by Gasteiger charge is -2.34. The lowest BCUT2D eigenvalue weighted by Crippen LogP contribution is -2.42. The molecule has 1 atom stereocenters. The number of rotatable bonds is 4. The topological polar surface area (TPSA) is 40.0 Å². The van der Waals surface area contributed by atoms with Crippen LogP contribution in [0, 0.1) is 25.6 Å².